The highest BCUT2D eigenvalue weighted by molar-refractivity contribution is 7.99. The molecule has 2 rings (SSSR count). The van der Waals surface area contributed by atoms with E-state index in [9.17, 15) is 9.59 Å². The van der Waals surface area contributed by atoms with E-state index in [1.807, 2.05) is 0 Å². The van der Waals surface area contributed by atoms with E-state index >= 15 is 0 Å². The van der Waals surface area contributed by atoms with Crippen LogP contribution in [0.5, 0.6) is 0 Å². The first-order chi connectivity index (χ1) is 9.47. The molecule has 4 nitrogen and oxygen atoms in total. The van der Waals surface area contributed by atoms with Crippen LogP contribution in [0, 0.1) is 13.8 Å². The van der Waals surface area contributed by atoms with Crippen molar-refractivity contribution >= 4 is 29.1 Å². The molecule has 0 saturated carbocycles. The highest BCUT2D eigenvalue weighted by Gasteiger charge is 2.09. The summed E-state index contributed by atoms with van der Waals surface area (Å²) in [5, 5.41) is 1.05. The molecular weight excluding hydrogens is 296 g/mol. The molecule has 0 radical (unpaired) electrons. The number of rotatable bonds is 4. The first kappa shape index (κ1) is 14.8. The molecule has 0 unspecified atom stereocenters. The number of benzene rings is 1. The van der Waals surface area contributed by atoms with E-state index in [-0.39, 0.29) is 17.1 Å². The molecule has 1 N–H and O–H groups in total. The van der Waals surface area contributed by atoms with Gasteiger partial charge in [-0.25, -0.2) is 4.98 Å². The number of nitrogens with zero attached hydrogens (tertiary/aromatic N) is 1. The van der Waals surface area contributed by atoms with E-state index in [0.29, 0.717) is 27.0 Å². The number of Topliss-reactive ketones (excluding diaryl/α,β-unsaturated/α-hetero) is 1. The van der Waals surface area contributed by atoms with E-state index in [1.54, 1.807) is 38.1 Å². The summed E-state index contributed by atoms with van der Waals surface area (Å²) in [7, 11) is 0. The van der Waals surface area contributed by atoms with Crippen LogP contribution in [0.2, 0.25) is 5.02 Å². The molecule has 0 spiro atoms. The predicted octanol–water partition coefficient (Wildman–Crippen LogP) is 3.02. The Bertz CT molecular complexity index is 695. The van der Waals surface area contributed by atoms with Crippen LogP contribution >= 0.6 is 23.4 Å². The van der Waals surface area contributed by atoms with Crippen molar-refractivity contribution < 1.29 is 4.79 Å². The maximum Gasteiger partial charge on any atom is 0.254 e. The summed E-state index contributed by atoms with van der Waals surface area (Å²) in [4.78, 5) is 30.5. The van der Waals surface area contributed by atoms with Crippen LogP contribution < -0.4 is 5.56 Å². The van der Waals surface area contributed by atoms with Crippen LogP contribution in [0.25, 0.3) is 0 Å². The fourth-order valence-corrected chi connectivity index (χ4v) is 2.47. The Morgan fingerprint density at radius 1 is 1.30 bits per heavy atom. The maximum atomic E-state index is 12.0. The molecule has 0 aliphatic rings. The number of halogens is 1. The minimum Gasteiger partial charge on any atom is -0.301 e. The lowest BCUT2D eigenvalue weighted by Crippen LogP contribution is -2.14. The van der Waals surface area contributed by atoms with Crippen LogP contribution in [0.15, 0.2) is 34.2 Å². The molecule has 0 aliphatic heterocycles. The molecule has 0 bridgehead atoms. The number of ketones is 1. The summed E-state index contributed by atoms with van der Waals surface area (Å²) < 4.78 is 0. The van der Waals surface area contributed by atoms with Crippen molar-refractivity contribution in [1.82, 2.24) is 9.97 Å². The Morgan fingerprint density at radius 2 is 1.95 bits per heavy atom. The first-order valence-corrected chi connectivity index (χ1v) is 7.33. The SMILES string of the molecule is Cc1nc(SCC(=O)c2ccc(Cl)cc2)[nH]c(=O)c1C. The fraction of sp³-hybridized carbons (Fsp3) is 0.214. The Morgan fingerprint density at radius 3 is 2.55 bits per heavy atom. The van der Waals surface area contributed by atoms with E-state index < -0.39 is 0 Å². The van der Waals surface area contributed by atoms with Gasteiger partial charge in [0, 0.05) is 21.8 Å². The van der Waals surface area contributed by atoms with Crippen LogP contribution in [0.4, 0.5) is 0 Å². The number of aromatic amines is 1. The van der Waals surface area contributed by atoms with Gasteiger partial charge in [-0.15, -0.1) is 0 Å². The number of thioether (sulfide) groups is 1. The van der Waals surface area contributed by atoms with Gasteiger partial charge in [-0.3, -0.25) is 9.59 Å². The molecule has 104 valence electrons. The van der Waals surface area contributed by atoms with Gasteiger partial charge in [-0.05, 0) is 38.1 Å². The van der Waals surface area contributed by atoms with Crippen molar-refractivity contribution in [2.24, 2.45) is 0 Å². The van der Waals surface area contributed by atoms with E-state index in [2.05, 4.69) is 9.97 Å². The molecule has 6 heteroatoms. The highest BCUT2D eigenvalue weighted by Crippen LogP contribution is 2.16. The normalized spacial score (nSPS) is 10.6. The summed E-state index contributed by atoms with van der Waals surface area (Å²) in [5.74, 6) is 0.181. The van der Waals surface area contributed by atoms with Gasteiger partial charge < -0.3 is 4.98 Å². The van der Waals surface area contributed by atoms with Gasteiger partial charge in [-0.1, -0.05) is 23.4 Å². The Hall–Kier alpha value is -1.59. The molecule has 1 aromatic heterocycles. The van der Waals surface area contributed by atoms with Crippen LogP contribution in [-0.2, 0) is 0 Å². The number of carbonyl (C=O) groups is 1. The van der Waals surface area contributed by atoms with Gasteiger partial charge in [-0.2, -0.15) is 0 Å². The van der Waals surface area contributed by atoms with Crippen LogP contribution in [0.1, 0.15) is 21.6 Å². The third-order valence-corrected chi connectivity index (χ3v) is 4.00. The molecule has 1 heterocycles. The Kier molecular flexibility index (Phi) is 4.62. The number of hydrogen-bond acceptors (Lipinski definition) is 4. The maximum absolute atomic E-state index is 12.0. The Balaban J connectivity index is 2.07. The number of hydrogen-bond donors (Lipinski definition) is 1. The molecule has 20 heavy (non-hydrogen) atoms. The number of H-pyrrole nitrogens is 1. The van der Waals surface area contributed by atoms with E-state index in [0.717, 1.165) is 0 Å². The van der Waals surface area contributed by atoms with E-state index in [1.165, 1.54) is 11.8 Å². The van der Waals surface area contributed by atoms with Gasteiger partial charge in [0.2, 0.25) is 0 Å². The average Bonchev–Trinajstić information content (AvgIpc) is 2.42. The van der Waals surface area contributed by atoms with Crippen molar-refractivity contribution in [3.63, 3.8) is 0 Å². The Labute approximate surface area is 125 Å². The molecule has 0 saturated heterocycles. The van der Waals surface area contributed by atoms with Crippen molar-refractivity contribution in [1.29, 1.82) is 0 Å². The zero-order valence-electron chi connectivity index (χ0n) is 11.1. The second kappa shape index (κ2) is 6.24. The predicted molar refractivity (Wildman–Crippen MR) is 80.8 cm³/mol. The summed E-state index contributed by atoms with van der Waals surface area (Å²) in [5.41, 5.74) is 1.69. The van der Waals surface area contributed by atoms with Crippen molar-refractivity contribution in [2.75, 3.05) is 5.75 Å². The summed E-state index contributed by atoms with van der Waals surface area (Å²) in [6, 6.07) is 6.72. The number of aromatic nitrogens is 2. The molecule has 2 aromatic rings. The van der Waals surface area contributed by atoms with Gasteiger partial charge in [0.1, 0.15) is 0 Å². The minimum atomic E-state index is -0.168. The number of carbonyl (C=O) groups excluding carboxylic acids is 1. The summed E-state index contributed by atoms with van der Waals surface area (Å²) in [6.07, 6.45) is 0. The van der Waals surface area contributed by atoms with Gasteiger partial charge in [0.15, 0.2) is 10.9 Å². The third kappa shape index (κ3) is 3.49. The lowest BCUT2D eigenvalue weighted by atomic mass is 10.1. The van der Waals surface area contributed by atoms with Gasteiger partial charge >= 0.3 is 0 Å². The zero-order valence-corrected chi connectivity index (χ0v) is 12.6. The van der Waals surface area contributed by atoms with Crippen molar-refractivity contribution in [3.8, 4) is 0 Å². The fourth-order valence-electron chi connectivity index (χ4n) is 1.54. The van der Waals surface area contributed by atoms with Crippen LogP contribution in [0.3, 0.4) is 0 Å². The second-order valence-electron chi connectivity index (χ2n) is 4.30. The molecular formula is C14H13ClN2O2S. The lowest BCUT2D eigenvalue weighted by Gasteiger charge is -2.04. The smallest absolute Gasteiger partial charge is 0.254 e. The molecule has 0 aliphatic carbocycles. The third-order valence-electron chi connectivity index (χ3n) is 2.88. The van der Waals surface area contributed by atoms with E-state index in [4.69, 9.17) is 11.6 Å². The highest BCUT2D eigenvalue weighted by atomic mass is 35.5. The standard InChI is InChI=1S/C14H13ClN2O2S/c1-8-9(2)16-14(17-13(8)19)20-7-12(18)10-3-5-11(15)6-4-10/h3-6H,7H2,1-2H3,(H,16,17,19). The summed E-state index contributed by atoms with van der Waals surface area (Å²) >= 11 is 6.99. The van der Waals surface area contributed by atoms with Gasteiger partial charge in [0.05, 0.1) is 5.75 Å². The van der Waals surface area contributed by atoms with Crippen molar-refractivity contribution in [2.45, 2.75) is 19.0 Å². The van der Waals surface area contributed by atoms with Crippen molar-refractivity contribution in [3.05, 3.63) is 56.5 Å². The quantitative estimate of drug-likeness (QED) is 0.536. The molecule has 1 aromatic carbocycles. The largest absolute Gasteiger partial charge is 0.301 e. The number of nitrogens with one attached hydrogen (secondary N) is 1. The molecule has 0 amide bonds. The molecule has 0 fully saturated rings. The zero-order chi connectivity index (χ0) is 14.7. The molecule has 0 atom stereocenters. The minimum absolute atomic E-state index is 0.0347. The lowest BCUT2D eigenvalue weighted by molar-refractivity contribution is 0.102. The number of aryl methyl sites for hydroxylation is 1. The second-order valence-corrected chi connectivity index (χ2v) is 5.70. The monoisotopic (exact) mass is 308 g/mol. The average molecular weight is 309 g/mol. The van der Waals surface area contributed by atoms with Crippen LogP contribution in [-0.4, -0.2) is 21.5 Å². The van der Waals surface area contributed by atoms with Gasteiger partial charge in [0.25, 0.3) is 5.56 Å². The topological polar surface area (TPSA) is 62.8 Å². The summed E-state index contributed by atoms with van der Waals surface area (Å²) in [6.45, 7) is 3.49. The first-order valence-electron chi connectivity index (χ1n) is 5.96.